The van der Waals surface area contributed by atoms with E-state index in [4.69, 9.17) is 16.7 Å². The van der Waals surface area contributed by atoms with Gasteiger partial charge in [-0.2, -0.15) is 0 Å². The third-order valence-electron chi connectivity index (χ3n) is 3.63. The monoisotopic (exact) mass is 306 g/mol. The lowest BCUT2D eigenvalue weighted by molar-refractivity contribution is -0.137. The first-order chi connectivity index (χ1) is 10.0. The Morgan fingerprint density at radius 2 is 1.95 bits per heavy atom. The number of aliphatic carboxylic acids is 1. The Morgan fingerprint density at radius 1 is 1.29 bits per heavy atom. The molecule has 0 aliphatic heterocycles. The lowest BCUT2D eigenvalue weighted by Crippen LogP contribution is -2.27. The highest BCUT2D eigenvalue weighted by atomic mass is 35.5. The fourth-order valence-corrected chi connectivity index (χ4v) is 2.50. The molecule has 2 aromatic rings. The highest BCUT2D eigenvalue weighted by Crippen LogP contribution is 2.32. The minimum absolute atomic E-state index is 0.269. The summed E-state index contributed by atoms with van der Waals surface area (Å²) in [6.45, 7) is 0.320. The number of hydrogen-bond donors (Lipinski definition) is 1. The van der Waals surface area contributed by atoms with Gasteiger partial charge in [0.2, 0.25) is 0 Å². The van der Waals surface area contributed by atoms with E-state index >= 15 is 0 Å². The summed E-state index contributed by atoms with van der Waals surface area (Å²) in [5, 5.41) is 9.53. The van der Waals surface area contributed by atoms with Crippen LogP contribution < -0.4 is 5.69 Å². The Hall–Kier alpha value is -2.01. The molecule has 1 heterocycles. The number of aromatic nitrogens is 2. The highest BCUT2D eigenvalue weighted by molar-refractivity contribution is 6.30. The van der Waals surface area contributed by atoms with Crippen LogP contribution in [0.2, 0.25) is 5.02 Å². The number of benzene rings is 1. The molecule has 21 heavy (non-hydrogen) atoms. The quantitative estimate of drug-likeness (QED) is 0.923. The average molecular weight is 307 g/mol. The third kappa shape index (κ3) is 3.03. The van der Waals surface area contributed by atoms with Crippen molar-refractivity contribution < 1.29 is 9.90 Å². The summed E-state index contributed by atoms with van der Waals surface area (Å²) >= 11 is 5.89. The number of carboxylic acid groups (broad SMARTS) is 1. The molecule has 0 unspecified atom stereocenters. The van der Waals surface area contributed by atoms with Gasteiger partial charge in [-0.15, -0.1) is 0 Å². The predicted octanol–water partition coefficient (Wildman–Crippen LogP) is 2.46. The fourth-order valence-electron chi connectivity index (χ4n) is 2.38. The van der Waals surface area contributed by atoms with Gasteiger partial charge in [0.1, 0.15) is 6.54 Å². The predicted molar refractivity (Wildman–Crippen MR) is 79.5 cm³/mol. The summed E-state index contributed by atoms with van der Waals surface area (Å²) in [5.74, 6) is -0.502. The second kappa shape index (κ2) is 5.41. The van der Waals surface area contributed by atoms with Gasteiger partial charge >= 0.3 is 11.7 Å². The van der Waals surface area contributed by atoms with Crippen LogP contribution in [0.5, 0.6) is 0 Å². The topological polar surface area (TPSA) is 64.2 Å². The molecule has 0 bridgehead atoms. The molecule has 110 valence electrons. The van der Waals surface area contributed by atoms with Crippen LogP contribution in [0.25, 0.3) is 11.3 Å². The van der Waals surface area contributed by atoms with E-state index in [1.165, 1.54) is 4.57 Å². The van der Waals surface area contributed by atoms with Crippen LogP contribution in [0.15, 0.2) is 35.3 Å². The molecule has 1 fully saturated rings. The Kier molecular flexibility index (Phi) is 3.59. The second-order valence-corrected chi connectivity index (χ2v) is 5.82. The Morgan fingerprint density at radius 3 is 2.52 bits per heavy atom. The standard InChI is InChI=1S/C15H15ClN2O3/c16-12-5-3-11(4-6-12)13-8-17(9-14(19)20)15(21)18(13)7-10-1-2-10/h3-6,8,10H,1-2,7,9H2,(H,19,20). The molecule has 0 spiro atoms. The van der Waals surface area contributed by atoms with Crippen LogP contribution in [0.3, 0.4) is 0 Å². The molecule has 0 atom stereocenters. The third-order valence-corrected chi connectivity index (χ3v) is 3.88. The van der Waals surface area contributed by atoms with E-state index in [1.807, 2.05) is 12.1 Å². The van der Waals surface area contributed by atoms with Crippen LogP contribution in [0.4, 0.5) is 0 Å². The van der Waals surface area contributed by atoms with Gasteiger partial charge in [0.05, 0.1) is 5.69 Å². The Bertz CT molecular complexity index is 726. The molecule has 0 radical (unpaired) electrons. The normalized spacial score (nSPS) is 14.3. The Labute approximate surface area is 126 Å². The van der Waals surface area contributed by atoms with Crippen molar-refractivity contribution in [1.29, 1.82) is 0 Å². The van der Waals surface area contributed by atoms with Gasteiger partial charge in [0, 0.05) is 17.8 Å². The van der Waals surface area contributed by atoms with Crippen LogP contribution in [-0.4, -0.2) is 20.2 Å². The first-order valence-corrected chi connectivity index (χ1v) is 7.20. The number of carbonyl (C=O) groups is 1. The zero-order chi connectivity index (χ0) is 15.0. The van der Waals surface area contributed by atoms with Crippen LogP contribution in [0.1, 0.15) is 12.8 Å². The van der Waals surface area contributed by atoms with Crippen molar-refractivity contribution in [2.75, 3.05) is 0 Å². The van der Waals surface area contributed by atoms with Gasteiger partial charge in [-0.1, -0.05) is 23.7 Å². The van der Waals surface area contributed by atoms with Gasteiger partial charge < -0.3 is 5.11 Å². The summed E-state index contributed by atoms with van der Waals surface area (Å²) in [4.78, 5) is 23.2. The smallest absolute Gasteiger partial charge is 0.329 e. The van der Waals surface area contributed by atoms with Crippen molar-refractivity contribution in [1.82, 2.24) is 9.13 Å². The molecular formula is C15H15ClN2O3. The minimum atomic E-state index is -1.02. The van der Waals surface area contributed by atoms with E-state index in [-0.39, 0.29) is 12.2 Å². The molecule has 5 nitrogen and oxygen atoms in total. The Balaban J connectivity index is 2.05. The van der Waals surface area contributed by atoms with Crippen molar-refractivity contribution in [3.63, 3.8) is 0 Å². The summed E-state index contributed by atoms with van der Waals surface area (Å²) in [7, 11) is 0. The lowest BCUT2D eigenvalue weighted by Gasteiger charge is -2.06. The molecule has 0 saturated heterocycles. The summed E-state index contributed by atoms with van der Waals surface area (Å²) < 4.78 is 2.92. The summed E-state index contributed by atoms with van der Waals surface area (Å²) in [6.07, 6.45) is 3.86. The van der Waals surface area contributed by atoms with Gasteiger partial charge in [0.25, 0.3) is 0 Å². The van der Waals surface area contributed by atoms with Crippen molar-refractivity contribution >= 4 is 17.6 Å². The van der Waals surface area contributed by atoms with Gasteiger partial charge in [-0.25, -0.2) is 4.79 Å². The van der Waals surface area contributed by atoms with Crippen molar-refractivity contribution in [3.05, 3.63) is 46.0 Å². The molecule has 1 aliphatic carbocycles. The molecule has 1 aromatic heterocycles. The first kappa shape index (κ1) is 13.9. The molecule has 1 aliphatic rings. The molecule has 1 saturated carbocycles. The number of imidazole rings is 1. The summed E-state index contributed by atoms with van der Waals surface area (Å²) in [6, 6.07) is 7.20. The van der Waals surface area contributed by atoms with E-state index in [0.717, 1.165) is 24.1 Å². The maximum Gasteiger partial charge on any atom is 0.329 e. The van der Waals surface area contributed by atoms with E-state index in [9.17, 15) is 9.59 Å². The number of nitrogens with zero attached hydrogens (tertiary/aromatic N) is 2. The van der Waals surface area contributed by atoms with Gasteiger partial charge in [0.15, 0.2) is 0 Å². The molecule has 1 N–H and O–H groups in total. The maximum absolute atomic E-state index is 12.4. The largest absolute Gasteiger partial charge is 0.480 e. The van der Waals surface area contributed by atoms with Crippen molar-refractivity contribution in [3.8, 4) is 11.3 Å². The second-order valence-electron chi connectivity index (χ2n) is 5.38. The number of halogens is 1. The van der Waals surface area contributed by atoms with E-state index in [2.05, 4.69) is 0 Å². The van der Waals surface area contributed by atoms with Gasteiger partial charge in [-0.05, 0) is 36.5 Å². The van der Waals surface area contributed by atoms with Crippen LogP contribution in [-0.2, 0) is 17.9 Å². The van der Waals surface area contributed by atoms with E-state index < -0.39 is 5.97 Å². The molecule has 0 amide bonds. The zero-order valence-corrected chi connectivity index (χ0v) is 12.1. The number of rotatable bonds is 5. The lowest BCUT2D eigenvalue weighted by atomic mass is 10.1. The van der Waals surface area contributed by atoms with Crippen molar-refractivity contribution in [2.24, 2.45) is 5.92 Å². The number of hydrogen-bond acceptors (Lipinski definition) is 2. The fraction of sp³-hybridized carbons (Fsp3) is 0.333. The van der Waals surface area contributed by atoms with Crippen LogP contribution >= 0.6 is 11.6 Å². The van der Waals surface area contributed by atoms with Crippen molar-refractivity contribution in [2.45, 2.75) is 25.9 Å². The van der Waals surface area contributed by atoms with Crippen LogP contribution in [0, 0.1) is 5.92 Å². The number of carboxylic acids is 1. The minimum Gasteiger partial charge on any atom is -0.480 e. The van der Waals surface area contributed by atoms with Gasteiger partial charge in [-0.3, -0.25) is 13.9 Å². The molecule has 6 heteroatoms. The first-order valence-electron chi connectivity index (χ1n) is 6.82. The maximum atomic E-state index is 12.4. The average Bonchev–Trinajstić information content (AvgIpc) is 3.20. The van der Waals surface area contributed by atoms with E-state index in [0.29, 0.717) is 17.5 Å². The molecular weight excluding hydrogens is 292 g/mol. The van der Waals surface area contributed by atoms with E-state index in [1.54, 1.807) is 22.9 Å². The molecule has 3 rings (SSSR count). The zero-order valence-electron chi connectivity index (χ0n) is 11.3. The molecule has 1 aromatic carbocycles. The SMILES string of the molecule is O=C(O)Cn1cc(-c2ccc(Cl)cc2)n(CC2CC2)c1=O. The summed E-state index contributed by atoms with van der Waals surface area (Å²) in [5.41, 5.74) is 1.33. The highest BCUT2D eigenvalue weighted by Gasteiger charge is 2.25.